The lowest BCUT2D eigenvalue weighted by Gasteiger charge is -2.15. The molecule has 110 valence electrons. The van der Waals surface area contributed by atoms with E-state index in [4.69, 9.17) is 22.7 Å². The summed E-state index contributed by atoms with van der Waals surface area (Å²) >= 11 is 6.69. The normalized spacial score (nSPS) is 22.6. The molecule has 0 unspecified atom stereocenters. The van der Waals surface area contributed by atoms with Gasteiger partial charge in [0, 0.05) is 19.7 Å². The SMILES string of the molecule is Nc1c(C(=O)N2CCCC2)sc(=S)n1C[C@@H]1CCCO1. The minimum atomic E-state index is 0.0298. The van der Waals surface area contributed by atoms with Crippen LogP contribution in [0.15, 0.2) is 0 Å². The van der Waals surface area contributed by atoms with Gasteiger partial charge >= 0.3 is 0 Å². The molecule has 5 nitrogen and oxygen atoms in total. The van der Waals surface area contributed by atoms with E-state index in [1.165, 1.54) is 11.3 Å². The zero-order valence-electron chi connectivity index (χ0n) is 11.3. The van der Waals surface area contributed by atoms with Crippen molar-refractivity contribution >= 4 is 35.3 Å². The lowest BCUT2D eigenvalue weighted by atomic mass is 10.2. The Labute approximate surface area is 127 Å². The van der Waals surface area contributed by atoms with Gasteiger partial charge in [0.25, 0.3) is 5.91 Å². The molecule has 0 radical (unpaired) electrons. The van der Waals surface area contributed by atoms with Gasteiger partial charge in [0.2, 0.25) is 0 Å². The van der Waals surface area contributed by atoms with Gasteiger partial charge in [-0.05, 0) is 37.9 Å². The Morgan fingerprint density at radius 2 is 2.15 bits per heavy atom. The van der Waals surface area contributed by atoms with E-state index in [9.17, 15) is 4.79 Å². The maximum Gasteiger partial charge on any atom is 0.267 e. The standard InChI is InChI=1S/C13H19N3O2S2/c14-11-10(12(17)15-5-1-2-6-15)20-13(19)16(11)8-9-4-3-7-18-9/h9H,1-8,14H2/t9-/m0/s1. The maximum atomic E-state index is 12.4. The van der Waals surface area contributed by atoms with E-state index in [1.807, 2.05) is 9.47 Å². The Morgan fingerprint density at radius 1 is 1.40 bits per heavy atom. The summed E-state index contributed by atoms with van der Waals surface area (Å²) in [6, 6.07) is 0. The van der Waals surface area contributed by atoms with Crippen LogP contribution in [-0.4, -0.2) is 41.2 Å². The molecule has 0 aromatic carbocycles. The third-order valence-electron chi connectivity index (χ3n) is 3.93. The van der Waals surface area contributed by atoms with Gasteiger partial charge < -0.3 is 19.9 Å². The fraction of sp³-hybridized carbons (Fsp3) is 0.692. The number of carbonyl (C=O) groups is 1. The molecular weight excluding hydrogens is 294 g/mol. The first-order valence-electron chi connectivity index (χ1n) is 7.07. The first kappa shape index (κ1) is 14.0. The van der Waals surface area contributed by atoms with Crippen molar-refractivity contribution in [3.8, 4) is 0 Å². The summed E-state index contributed by atoms with van der Waals surface area (Å²) in [6.07, 6.45) is 4.45. The summed E-state index contributed by atoms with van der Waals surface area (Å²) in [5.74, 6) is 0.537. The van der Waals surface area contributed by atoms with Crippen LogP contribution in [0.25, 0.3) is 0 Å². The molecule has 0 spiro atoms. The smallest absolute Gasteiger partial charge is 0.267 e. The first-order valence-corrected chi connectivity index (χ1v) is 8.29. The van der Waals surface area contributed by atoms with E-state index in [1.54, 1.807) is 0 Å². The highest BCUT2D eigenvalue weighted by Gasteiger charge is 2.26. The molecule has 20 heavy (non-hydrogen) atoms. The van der Waals surface area contributed by atoms with Crippen LogP contribution in [0.2, 0.25) is 0 Å². The number of hydrogen-bond donors (Lipinski definition) is 1. The van der Waals surface area contributed by atoms with Crippen molar-refractivity contribution in [2.75, 3.05) is 25.4 Å². The van der Waals surface area contributed by atoms with Crippen molar-refractivity contribution in [1.29, 1.82) is 0 Å². The summed E-state index contributed by atoms with van der Waals surface area (Å²) in [7, 11) is 0. The van der Waals surface area contributed by atoms with Gasteiger partial charge in [0.1, 0.15) is 10.7 Å². The molecule has 2 N–H and O–H groups in total. The summed E-state index contributed by atoms with van der Waals surface area (Å²) in [5.41, 5.74) is 6.15. The monoisotopic (exact) mass is 313 g/mol. The number of hydrogen-bond acceptors (Lipinski definition) is 5. The van der Waals surface area contributed by atoms with Crippen LogP contribution in [0, 0.1) is 3.95 Å². The fourth-order valence-electron chi connectivity index (χ4n) is 2.80. The average molecular weight is 313 g/mol. The van der Waals surface area contributed by atoms with Crippen LogP contribution in [0.3, 0.4) is 0 Å². The molecular formula is C13H19N3O2S2. The van der Waals surface area contributed by atoms with E-state index < -0.39 is 0 Å². The minimum absolute atomic E-state index is 0.0298. The molecule has 0 aliphatic carbocycles. The average Bonchev–Trinajstić information content (AvgIpc) is 3.15. The number of carbonyl (C=O) groups excluding carboxylic acids is 1. The molecule has 0 bridgehead atoms. The number of nitrogen functional groups attached to an aromatic ring is 1. The van der Waals surface area contributed by atoms with E-state index >= 15 is 0 Å². The Bertz CT molecular complexity index is 554. The predicted octanol–water partition coefficient (Wildman–Crippen LogP) is 2.28. The third kappa shape index (κ3) is 2.62. The second kappa shape index (κ2) is 5.83. The first-order chi connectivity index (χ1) is 9.66. The number of nitrogens with two attached hydrogens (primary N) is 1. The van der Waals surface area contributed by atoms with Crippen LogP contribution in [0.5, 0.6) is 0 Å². The lowest BCUT2D eigenvalue weighted by molar-refractivity contribution is 0.0796. The number of amides is 1. The van der Waals surface area contributed by atoms with E-state index in [0.29, 0.717) is 21.2 Å². The third-order valence-corrected chi connectivity index (χ3v) is 5.38. The second-order valence-electron chi connectivity index (χ2n) is 5.33. The zero-order chi connectivity index (χ0) is 14.1. The van der Waals surface area contributed by atoms with Crippen LogP contribution < -0.4 is 5.73 Å². The molecule has 7 heteroatoms. The van der Waals surface area contributed by atoms with Crippen LogP contribution >= 0.6 is 23.6 Å². The lowest BCUT2D eigenvalue weighted by Crippen LogP contribution is -2.28. The summed E-state index contributed by atoms with van der Waals surface area (Å²) in [6.45, 7) is 3.12. The van der Waals surface area contributed by atoms with E-state index in [2.05, 4.69) is 0 Å². The number of nitrogens with zero attached hydrogens (tertiary/aromatic N) is 2. The number of anilines is 1. The predicted molar refractivity (Wildman–Crippen MR) is 81.7 cm³/mol. The maximum absolute atomic E-state index is 12.4. The fourth-order valence-corrected chi connectivity index (χ4v) is 4.11. The van der Waals surface area contributed by atoms with E-state index in [-0.39, 0.29) is 12.0 Å². The molecule has 1 atom stereocenters. The van der Waals surface area contributed by atoms with Crippen molar-refractivity contribution in [3.63, 3.8) is 0 Å². The quantitative estimate of drug-likeness (QED) is 0.870. The summed E-state index contributed by atoms with van der Waals surface area (Å²) in [4.78, 5) is 14.9. The molecule has 3 rings (SSSR count). The van der Waals surface area contributed by atoms with Gasteiger partial charge in [-0.25, -0.2) is 0 Å². The molecule has 2 fully saturated rings. The van der Waals surface area contributed by atoms with Crippen molar-refractivity contribution < 1.29 is 9.53 Å². The largest absolute Gasteiger partial charge is 0.384 e. The topological polar surface area (TPSA) is 60.5 Å². The van der Waals surface area contributed by atoms with Gasteiger partial charge in [-0.3, -0.25) is 4.79 Å². The Hall–Kier alpha value is -0.920. The molecule has 2 aliphatic rings. The van der Waals surface area contributed by atoms with Crippen molar-refractivity contribution in [1.82, 2.24) is 9.47 Å². The Kier molecular flexibility index (Phi) is 4.09. The van der Waals surface area contributed by atoms with Crippen molar-refractivity contribution in [3.05, 3.63) is 8.83 Å². The number of rotatable bonds is 3. The minimum Gasteiger partial charge on any atom is -0.384 e. The molecule has 3 heterocycles. The second-order valence-corrected chi connectivity index (χ2v) is 6.97. The number of aromatic nitrogens is 1. The summed E-state index contributed by atoms with van der Waals surface area (Å²) in [5, 5.41) is 0. The van der Waals surface area contributed by atoms with Gasteiger partial charge in [-0.15, -0.1) is 0 Å². The van der Waals surface area contributed by atoms with Gasteiger partial charge in [0.15, 0.2) is 3.95 Å². The molecule has 2 saturated heterocycles. The highest BCUT2D eigenvalue weighted by molar-refractivity contribution is 7.73. The highest BCUT2D eigenvalue weighted by Crippen LogP contribution is 2.27. The Morgan fingerprint density at radius 3 is 2.80 bits per heavy atom. The van der Waals surface area contributed by atoms with Crippen LogP contribution in [0.4, 0.5) is 5.82 Å². The number of likely N-dealkylation sites (tertiary alicyclic amines) is 1. The molecule has 2 aliphatic heterocycles. The highest BCUT2D eigenvalue weighted by atomic mass is 32.1. The van der Waals surface area contributed by atoms with Gasteiger partial charge in [0.05, 0.1) is 12.6 Å². The molecule has 1 aromatic heterocycles. The van der Waals surface area contributed by atoms with Crippen molar-refractivity contribution in [2.24, 2.45) is 0 Å². The van der Waals surface area contributed by atoms with Gasteiger partial charge in [-0.1, -0.05) is 11.3 Å². The number of thiazole rings is 1. The van der Waals surface area contributed by atoms with Crippen molar-refractivity contribution in [2.45, 2.75) is 38.3 Å². The van der Waals surface area contributed by atoms with E-state index in [0.717, 1.165) is 45.4 Å². The zero-order valence-corrected chi connectivity index (χ0v) is 13.0. The van der Waals surface area contributed by atoms with Gasteiger partial charge in [-0.2, -0.15) is 0 Å². The van der Waals surface area contributed by atoms with Crippen LogP contribution in [-0.2, 0) is 11.3 Å². The van der Waals surface area contributed by atoms with Crippen LogP contribution in [0.1, 0.15) is 35.4 Å². The molecule has 1 amide bonds. The number of ether oxygens (including phenoxy) is 1. The Balaban J connectivity index is 1.82. The molecule has 0 saturated carbocycles. The summed E-state index contributed by atoms with van der Waals surface area (Å²) < 4.78 is 8.15. The molecule has 1 aromatic rings.